The van der Waals surface area contributed by atoms with Gasteiger partial charge in [-0.1, -0.05) is 145 Å². The number of para-hydroxylation sites is 2. The number of rotatable bonds is 5. The number of nitrogens with zero attached hydrogens (tertiary/aromatic N) is 4. The Morgan fingerprint density at radius 1 is 0.352 bits per heavy atom. The first kappa shape index (κ1) is 30.8. The van der Waals surface area contributed by atoms with Crippen LogP contribution in [0.3, 0.4) is 0 Å². The predicted octanol–water partition coefficient (Wildman–Crippen LogP) is 12.9. The topological polar surface area (TPSA) is 43.6 Å². The fraction of sp³-hybridized carbons (Fsp3) is 0. The van der Waals surface area contributed by atoms with E-state index >= 15 is 0 Å². The molecular weight excluding hydrogens is 677 g/mol. The molecule has 4 nitrogen and oxygen atoms in total. The molecule has 0 amide bonds. The maximum Gasteiger partial charge on any atom is 0.164 e. The van der Waals surface area contributed by atoms with Crippen molar-refractivity contribution in [1.82, 2.24) is 19.5 Å². The molecule has 3 heterocycles. The summed E-state index contributed by atoms with van der Waals surface area (Å²) in [4.78, 5) is 17.6. The Labute approximate surface area is 316 Å². The van der Waals surface area contributed by atoms with E-state index in [0.29, 0.717) is 17.5 Å². The predicted molar refractivity (Wildman–Crippen MR) is 223 cm³/mol. The molecule has 1 aliphatic heterocycles. The van der Waals surface area contributed by atoms with E-state index in [0.717, 1.165) is 27.8 Å². The molecule has 0 unspecified atom stereocenters. The molecule has 252 valence electrons. The van der Waals surface area contributed by atoms with Crippen molar-refractivity contribution in [3.8, 4) is 62.1 Å². The highest BCUT2D eigenvalue weighted by Gasteiger charge is 2.24. The third kappa shape index (κ3) is 4.90. The molecule has 54 heavy (non-hydrogen) atoms. The largest absolute Gasteiger partial charge is 0.309 e. The average molecular weight is 707 g/mol. The number of fused-ring (bicyclic) bond motifs is 5. The van der Waals surface area contributed by atoms with Crippen LogP contribution < -0.4 is 0 Å². The number of hydrogen-bond acceptors (Lipinski definition) is 4. The van der Waals surface area contributed by atoms with Crippen LogP contribution >= 0.6 is 11.8 Å². The molecule has 0 saturated carbocycles. The highest BCUT2D eigenvalue weighted by atomic mass is 32.2. The third-order valence-electron chi connectivity index (χ3n) is 10.5. The highest BCUT2D eigenvalue weighted by Crippen LogP contribution is 2.51. The molecule has 0 atom stereocenters. The fourth-order valence-corrected chi connectivity index (χ4v) is 9.15. The van der Waals surface area contributed by atoms with Gasteiger partial charge in [-0.05, 0) is 76.2 Å². The molecule has 1 aliphatic rings. The van der Waals surface area contributed by atoms with E-state index in [2.05, 4.69) is 150 Å². The molecule has 5 heteroatoms. The molecule has 0 bridgehead atoms. The van der Waals surface area contributed by atoms with Crippen molar-refractivity contribution in [2.75, 3.05) is 0 Å². The standard InChI is InChI=1S/C49H30N4S/c1-4-14-31(15-5-1)47-50-48(32-16-6-2-7-17-32)52-49(51-47)38-27-29-44-46-36(38)22-12-23-37(46)40-30-33(26-28-43(40)54-44)35-21-13-25-42-45(35)39-20-10-11-24-41(39)53(42)34-18-8-3-9-19-34/h1-30H. The van der Waals surface area contributed by atoms with Crippen LogP contribution in [-0.4, -0.2) is 19.5 Å². The summed E-state index contributed by atoms with van der Waals surface area (Å²) in [5, 5.41) is 4.87. The lowest BCUT2D eigenvalue weighted by Gasteiger charge is -2.22. The van der Waals surface area contributed by atoms with Crippen molar-refractivity contribution >= 4 is 44.3 Å². The van der Waals surface area contributed by atoms with Gasteiger partial charge in [0.25, 0.3) is 0 Å². The third-order valence-corrected chi connectivity index (χ3v) is 11.6. The van der Waals surface area contributed by atoms with E-state index in [9.17, 15) is 0 Å². The summed E-state index contributed by atoms with van der Waals surface area (Å²) in [5.74, 6) is 1.98. The molecule has 11 rings (SSSR count). The maximum absolute atomic E-state index is 5.10. The van der Waals surface area contributed by atoms with Crippen molar-refractivity contribution in [3.05, 3.63) is 182 Å². The quantitative estimate of drug-likeness (QED) is 0.179. The van der Waals surface area contributed by atoms with Crippen LogP contribution in [0.2, 0.25) is 0 Å². The summed E-state index contributed by atoms with van der Waals surface area (Å²) in [6.07, 6.45) is 0. The van der Waals surface area contributed by atoms with Crippen molar-refractivity contribution in [2.24, 2.45) is 0 Å². The summed E-state index contributed by atoms with van der Waals surface area (Å²) in [6.45, 7) is 0. The molecule has 0 radical (unpaired) electrons. The first-order valence-corrected chi connectivity index (χ1v) is 18.9. The highest BCUT2D eigenvalue weighted by molar-refractivity contribution is 7.99. The maximum atomic E-state index is 5.10. The van der Waals surface area contributed by atoms with Gasteiger partial charge in [-0.2, -0.15) is 0 Å². The normalized spacial score (nSPS) is 12.0. The minimum atomic E-state index is 0.659. The average Bonchev–Trinajstić information content (AvgIpc) is 3.59. The second kappa shape index (κ2) is 12.4. The fourth-order valence-electron chi connectivity index (χ4n) is 8.04. The summed E-state index contributed by atoms with van der Waals surface area (Å²) in [5.41, 5.74) is 11.4. The Kier molecular flexibility index (Phi) is 7.07. The van der Waals surface area contributed by atoms with E-state index in [1.165, 1.54) is 59.2 Å². The SMILES string of the molecule is c1ccc(-c2nc(-c3ccccc3)nc(-c3ccc4c5c(cccc35)-c3cc(-c5cccc6c5c5ccccc5n6-c5ccccc5)ccc3S4)n2)cc1. The molecule has 2 aromatic heterocycles. The number of hydrogen-bond donors (Lipinski definition) is 0. The Balaban J connectivity index is 1.09. The first-order valence-electron chi connectivity index (χ1n) is 18.1. The second-order valence-corrected chi connectivity index (χ2v) is 14.7. The van der Waals surface area contributed by atoms with E-state index in [-0.39, 0.29) is 0 Å². The van der Waals surface area contributed by atoms with Gasteiger partial charge < -0.3 is 4.57 Å². The second-order valence-electron chi connectivity index (χ2n) is 13.6. The van der Waals surface area contributed by atoms with Gasteiger partial charge in [-0.15, -0.1) is 0 Å². The van der Waals surface area contributed by atoms with Crippen molar-refractivity contribution in [2.45, 2.75) is 9.79 Å². The monoisotopic (exact) mass is 706 g/mol. The van der Waals surface area contributed by atoms with Gasteiger partial charge in [-0.3, -0.25) is 0 Å². The van der Waals surface area contributed by atoms with Crippen molar-refractivity contribution in [1.29, 1.82) is 0 Å². The minimum Gasteiger partial charge on any atom is -0.309 e. The zero-order chi connectivity index (χ0) is 35.6. The van der Waals surface area contributed by atoms with Crippen LogP contribution in [0, 0.1) is 0 Å². The number of benzene rings is 8. The van der Waals surface area contributed by atoms with Crippen LogP contribution in [0.15, 0.2) is 192 Å². The van der Waals surface area contributed by atoms with Crippen LogP contribution in [0.25, 0.3) is 94.7 Å². The summed E-state index contributed by atoms with van der Waals surface area (Å²) in [7, 11) is 0. The summed E-state index contributed by atoms with van der Waals surface area (Å²) >= 11 is 1.83. The molecule has 0 N–H and O–H groups in total. The van der Waals surface area contributed by atoms with Crippen molar-refractivity contribution < 1.29 is 0 Å². The smallest absolute Gasteiger partial charge is 0.164 e. The minimum absolute atomic E-state index is 0.659. The van der Waals surface area contributed by atoms with E-state index in [1.54, 1.807) is 0 Å². The van der Waals surface area contributed by atoms with Gasteiger partial charge in [0, 0.05) is 48.3 Å². The van der Waals surface area contributed by atoms with Crippen LogP contribution in [0.5, 0.6) is 0 Å². The Hall–Kier alpha value is -6.82. The molecular formula is C49H30N4S. The Morgan fingerprint density at radius 2 is 0.944 bits per heavy atom. The summed E-state index contributed by atoms with van der Waals surface area (Å²) < 4.78 is 2.38. The van der Waals surface area contributed by atoms with Gasteiger partial charge in [0.1, 0.15) is 0 Å². The lowest BCUT2D eigenvalue weighted by molar-refractivity contribution is 1.08. The first-order chi connectivity index (χ1) is 26.8. The van der Waals surface area contributed by atoms with E-state index < -0.39 is 0 Å². The zero-order valence-electron chi connectivity index (χ0n) is 29.0. The van der Waals surface area contributed by atoms with Gasteiger partial charge in [-0.25, -0.2) is 15.0 Å². The van der Waals surface area contributed by atoms with Gasteiger partial charge in [0.15, 0.2) is 17.5 Å². The van der Waals surface area contributed by atoms with Crippen LogP contribution in [0.4, 0.5) is 0 Å². The van der Waals surface area contributed by atoms with Gasteiger partial charge in [0.05, 0.1) is 11.0 Å². The molecule has 0 fully saturated rings. The molecule has 8 aromatic carbocycles. The molecule has 10 aromatic rings. The Bertz CT molecular complexity index is 3010. The molecule has 0 saturated heterocycles. The molecule has 0 spiro atoms. The van der Waals surface area contributed by atoms with Gasteiger partial charge in [0.2, 0.25) is 0 Å². The van der Waals surface area contributed by atoms with Crippen LogP contribution in [-0.2, 0) is 0 Å². The lowest BCUT2D eigenvalue weighted by Crippen LogP contribution is -2.01. The Morgan fingerprint density at radius 3 is 1.70 bits per heavy atom. The summed E-state index contributed by atoms with van der Waals surface area (Å²) in [6, 6.07) is 64.4. The lowest BCUT2D eigenvalue weighted by atomic mass is 9.92. The van der Waals surface area contributed by atoms with Crippen LogP contribution in [0.1, 0.15) is 0 Å². The van der Waals surface area contributed by atoms with Gasteiger partial charge >= 0.3 is 0 Å². The van der Waals surface area contributed by atoms with E-state index in [4.69, 9.17) is 15.0 Å². The zero-order valence-corrected chi connectivity index (χ0v) is 29.8. The van der Waals surface area contributed by atoms with Crippen molar-refractivity contribution in [3.63, 3.8) is 0 Å². The number of aromatic nitrogens is 4. The van der Waals surface area contributed by atoms with E-state index in [1.807, 2.05) is 48.2 Å². The molecule has 0 aliphatic carbocycles.